The molecule has 1 amide bonds. The van der Waals surface area contributed by atoms with E-state index < -0.39 is 0 Å². The molecule has 2 aromatic rings. The van der Waals surface area contributed by atoms with E-state index in [2.05, 4.69) is 66.3 Å². The smallest absolute Gasteiger partial charge is 0.263 e. The highest BCUT2D eigenvalue weighted by molar-refractivity contribution is 9.10. The van der Waals surface area contributed by atoms with E-state index in [-0.39, 0.29) is 11.3 Å². The molecule has 1 aliphatic heterocycles. The van der Waals surface area contributed by atoms with Gasteiger partial charge in [-0.15, -0.1) is 0 Å². The molecule has 0 aromatic heterocycles. The number of benzene rings is 2. The Balaban J connectivity index is 1.78. The van der Waals surface area contributed by atoms with Gasteiger partial charge >= 0.3 is 0 Å². The van der Waals surface area contributed by atoms with Gasteiger partial charge in [-0.25, -0.2) is 0 Å². The fraction of sp³-hybridized carbons (Fsp3) is 0.238. The van der Waals surface area contributed by atoms with Gasteiger partial charge in [0, 0.05) is 10.0 Å². The molecule has 1 fully saturated rings. The van der Waals surface area contributed by atoms with E-state index in [1.54, 1.807) is 0 Å². The van der Waals surface area contributed by atoms with Gasteiger partial charge in [-0.3, -0.25) is 4.79 Å². The maximum absolute atomic E-state index is 11.9. The Morgan fingerprint density at radius 2 is 1.89 bits per heavy atom. The third-order valence-corrected chi connectivity index (χ3v) is 5.77. The normalized spacial score (nSPS) is 15.9. The van der Waals surface area contributed by atoms with Gasteiger partial charge in [0.2, 0.25) is 0 Å². The summed E-state index contributed by atoms with van der Waals surface area (Å²) in [6.07, 6.45) is 1.81. The molecule has 0 radical (unpaired) electrons. The Kier molecular flexibility index (Phi) is 6.08. The number of halogens is 1. The van der Waals surface area contributed by atoms with Crippen LogP contribution in [0.25, 0.3) is 6.08 Å². The van der Waals surface area contributed by atoms with Crippen LogP contribution in [-0.4, -0.2) is 10.2 Å². The number of carbonyl (C=O) groups is 1. The quantitative estimate of drug-likeness (QED) is 0.460. The van der Waals surface area contributed by atoms with Gasteiger partial charge in [-0.1, -0.05) is 84.9 Å². The molecule has 0 spiro atoms. The first kappa shape index (κ1) is 20.1. The monoisotopic (exact) mass is 461 g/mol. The van der Waals surface area contributed by atoms with Gasteiger partial charge in [0.25, 0.3) is 5.91 Å². The van der Waals surface area contributed by atoms with Crippen LogP contribution in [0.2, 0.25) is 0 Å². The molecule has 2 aromatic carbocycles. The number of thiocarbonyl (C=S) groups is 1. The Morgan fingerprint density at radius 3 is 2.48 bits per heavy atom. The van der Waals surface area contributed by atoms with E-state index in [9.17, 15) is 4.79 Å². The molecule has 1 heterocycles. The molecule has 0 bridgehead atoms. The van der Waals surface area contributed by atoms with E-state index in [0.717, 1.165) is 21.3 Å². The van der Waals surface area contributed by atoms with Crippen LogP contribution in [0, 0.1) is 0 Å². The van der Waals surface area contributed by atoms with Crippen molar-refractivity contribution in [3.8, 4) is 5.75 Å². The first-order valence-electron chi connectivity index (χ1n) is 8.49. The van der Waals surface area contributed by atoms with Crippen LogP contribution in [0.4, 0.5) is 0 Å². The average Bonchev–Trinajstić information content (AvgIpc) is 2.91. The molecule has 27 heavy (non-hydrogen) atoms. The Morgan fingerprint density at radius 1 is 1.19 bits per heavy atom. The fourth-order valence-electron chi connectivity index (χ4n) is 2.59. The lowest BCUT2D eigenvalue weighted by atomic mass is 9.87. The summed E-state index contributed by atoms with van der Waals surface area (Å²) >= 11 is 9.79. The van der Waals surface area contributed by atoms with Crippen molar-refractivity contribution < 1.29 is 9.53 Å². The molecule has 0 atom stereocenters. The van der Waals surface area contributed by atoms with Gasteiger partial charge < -0.3 is 10.1 Å². The maximum atomic E-state index is 11.9. The zero-order valence-corrected chi connectivity index (χ0v) is 18.6. The van der Waals surface area contributed by atoms with E-state index >= 15 is 0 Å². The molecule has 0 saturated carbocycles. The maximum Gasteiger partial charge on any atom is 0.263 e. The van der Waals surface area contributed by atoms with E-state index in [1.807, 2.05) is 24.3 Å². The predicted octanol–water partition coefficient (Wildman–Crippen LogP) is 5.81. The number of carbonyl (C=O) groups excluding carboxylic acids is 1. The molecule has 6 heteroatoms. The number of thioether (sulfide) groups is 1. The summed E-state index contributed by atoms with van der Waals surface area (Å²) in [6, 6.07) is 14.2. The second kappa shape index (κ2) is 8.17. The molecule has 140 valence electrons. The summed E-state index contributed by atoms with van der Waals surface area (Å²) in [5.74, 6) is 0.547. The third-order valence-electron chi connectivity index (χ3n) is 4.11. The zero-order valence-electron chi connectivity index (χ0n) is 15.3. The number of amides is 1. The highest BCUT2D eigenvalue weighted by atomic mass is 79.9. The molecule has 0 aliphatic carbocycles. The van der Waals surface area contributed by atoms with Gasteiger partial charge in [-0.05, 0) is 40.8 Å². The van der Waals surface area contributed by atoms with Gasteiger partial charge in [0.05, 0.1) is 4.91 Å². The van der Waals surface area contributed by atoms with Gasteiger partial charge in [0.1, 0.15) is 16.7 Å². The number of rotatable bonds is 4. The summed E-state index contributed by atoms with van der Waals surface area (Å²) in [4.78, 5) is 12.5. The lowest BCUT2D eigenvalue weighted by molar-refractivity contribution is -0.115. The van der Waals surface area contributed by atoms with Crippen molar-refractivity contribution in [2.24, 2.45) is 0 Å². The molecular weight excluding hydrogens is 442 g/mol. The fourth-order valence-corrected chi connectivity index (χ4v) is 4.00. The van der Waals surface area contributed by atoms with Crippen molar-refractivity contribution in [1.82, 2.24) is 5.32 Å². The summed E-state index contributed by atoms with van der Waals surface area (Å²) in [7, 11) is 0. The van der Waals surface area contributed by atoms with Crippen molar-refractivity contribution in [3.63, 3.8) is 0 Å². The van der Waals surface area contributed by atoms with Crippen molar-refractivity contribution in [3.05, 3.63) is 68.5 Å². The van der Waals surface area contributed by atoms with E-state index in [0.29, 0.717) is 15.8 Å². The van der Waals surface area contributed by atoms with Crippen LogP contribution in [-0.2, 0) is 16.8 Å². The van der Waals surface area contributed by atoms with Crippen molar-refractivity contribution >= 4 is 56.2 Å². The molecular formula is C21H20BrNO2S2. The van der Waals surface area contributed by atoms with Crippen LogP contribution in [0.15, 0.2) is 51.8 Å². The van der Waals surface area contributed by atoms with Crippen LogP contribution in [0.5, 0.6) is 5.75 Å². The molecule has 1 N–H and O–H groups in total. The van der Waals surface area contributed by atoms with Crippen LogP contribution in [0.3, 0.4) is 0 Å². The zero-order chi connectivity index (χ0) is 19.6. The predicted molar refractivity (Wildman–Crippen MR) is 120 cm³/mol. The lowest BCUT2D eigenvalue weighted by Crippen LogP contribution is -2.17. The number of hydrogen-bond donors (Lipinski definition) is 1. The summed E-state index contributed by atoms with van der Waals surface area (Å²) in [5, 5.41) is 2.63. The molecule has 1 saturated heterocycles. The second-order valence-electron chi connectivity index (χ2n) is 7.27. The number of hydrogen-bond acceptors (Lipinski definition) is 4. The van der Waals surface area contributed by atoms with Gasteiger partial charge in [0.15, 0.2) is 0 Å². The van der Waals surface area contributed by atoms with Crippen molar-refractivity contribution in [2.75, 3.05) is 0 Å². The van der Waals surface area contributed by atoms with Crippen molar-refractivity contribution in [2.45, 2.75) is 32.8 Å². The van der Waals surface area contributed by atoms with Crippen LogP contribution in [0.1, 0.15) is 37.5 Å². The topological polar surface area (TPSA) is 38.3 Å². The SMILES string of the molecule is CC(C)(C)c1ccc(COc2ccc(Br)cc2/C=C2/SC(=S)NC2=O)cc1. The van der Waals surface area contributed by atoms with Crippen molar-refractivity contribution in [1.29, 1.82) is 0 Å². The second-order valence-corrected chi connectivity index (χ2v) is 9.90. The first-order chi connectivity index (χ1) is 12.7. The Bertz CT molecular complexity index is 915. The highest BCUT2D eigenvalue weighted by Gasteiger charge is 2.22. The molecule has 0 unspecified atom stereocenters. The third kappa shape index (κ3) is 5.21. The summed E-state index contributed by atoms with van der Waals surface area (Å²) < 4.78 is 7.43. The number of ether oxygens (including phenoxy) is 1. The highest BCUT2D eigenvalue weighted by Crippen LogP contribution is 2.31. The standard InChI is InChI=1S/C21H20BrNO2S2/c1-21(2,3)15-6-4-13(5-7-15)12-25-17-9-8-16(22)10-14(17)11-18-19(24)23-20(26)27-18/h4-11H,12H2,1-3H3,(H,23,24,26)/b18-11+. The Labute approximate surface area is 177 Å². The first-order valence-corrected chi connectivity index (χ1v) is 10.5. The minimum absolute atomic E-state index is 0.130. The molecule has 3 rings (SSSR count). The van der Waals surface area contributed by atoms with E-state index in [1.165, 1.54) is 17.3 Å². The minimum Gasteiger partial charge on any atom is -0.488 e. The number of nitrogens with one attached hydrogen (secondary N) is 1. The summed E-state index contributed by atoms with van der Waals surface area (Å²) in [5.41, 5.74) is 3.35. The van der Waals surface area contributed by atoms with Gasteiger partial charge in [-0.2, -0.15) is 0 Å². The largest absolute Gasteiger partial charge is 0.488 e. The lowest BCUT2D eigenvalue weighted by Gasteiger charge is -2.19. The minimum atomic E-state index is -0.173. The molecule has 3 nitrogen and oxygen atoms in total. The van der Waals surface area contributed by atoms with E-state index in [4.69, 9.17) is 17.0 Å². The average molecular weight is 462 g/mol. The Hall–Kier alpha value is -1.63. The van der Waals surface area contributed by atoms with Crippen LogP contribution < -0.4 is 10.1 Å². The van der Waals surface area contributed by atoms with Crippen LogP contribution >= 0.6 is 39.9 Å². The molecule has 1 aliphatic rings. The summed E-state index contributed by atoms with van der Waals surface area (Å²) in [6.45, 7) is 7.05.